The quantitative estimate of drug-likeness (QED) is 0.606. The fraction of sp³-hybridized carbons (Fsp3) is 0.800. The molecule has 1 unspecified atom stereocenters. The van der Waals surface area contributed by atoms with Crippen LogP contribution < -0.4 is 5.73 Å². The van der Waals surface area contributed by atoms with E-state index in [-0.39, 0.29) is 6.04 Å². The first-order valence-electron chi connectivity index (χ1n) is 4.57. The van der Waals surface area contributed by atoms with Crippen molar-refractivity contribution in [2.45, 2.75) is 45.1 Å². The number of hydrogen-bond acceptors (Lipinski definition) is 1. The average Bonchev–Trinajstić information content (AvgIpc) is 2.04. The molecule has 0 saturated heterocycles. The SMILES string of the molecule is C=CC(N)C1(C)CCCCC1. The van der Waals surface area contributed by atoms with Crippen LogP contribution in [0.25, 0.3) is 0 Å². The van der Waals surface area contributed by atoms with Gasteiger partial charge in [0.15, 0.2) is 0 Å². The molecule has 1 fully saturated rings. The fourth-order valence-corrected chi connectivity index (χ4v) is 1.98. The van der Waals surface area contributed by atoms with Gasteiger partial charge in [0.25, 0.3) is 0 Å². The molecule has 1 rings (SSSR count). The summed E-state index contributed by atoms with van der Waals surface area (Å²) in [7, 11) is 0. The van der Waals surface area contributed by atoms with Gasteiger partial charge in [0.1, 0.15) is 0 Å². The van der Waals surface area contributed by atoms with Crippen molar-refractivity contribution in [3.63, 3.8) is 0 Å². The van der Waals surface area contributed by atoms with E-state index in [9.17, 15) is 0 Å². The number of rotatable bonds is 2. The molecule has 1 heteroatoms. The van der Waals surface area contributed by atoms with Crippen LogP contribution >= 0.6 is 0 Å². The molecule has 1 nitrogen and oxygen atoms in total. The molecule has 0 heterocycles. The van der Waals surface area contributed by atoms with Gasteiger partial charge in [0, 0.05) is 6.04 Å². The van der Waals surface area contributed by atoms with Crippen LogP contribution in [0.5, 0.6) is 0 Å². The van der Waals surface area contributed by atoms with Crippen molar-refractivity contribution < 1.29 is 0 Å². The zero-order valence-corrected chi connectivity index (χ0v) is 7.47. The first-order valence-corrected chi connectivity index (χ1v) is 4.57. The highest BCUT2D eigenvalue weighted by atomic mass is 14.7. The highest BCUT2D eigenvalue weighted by Crippen LogP contribution is 2.38. The maximum atomic E-state index is 5.96. The topological polar surface area (TPSA) is 26.0 Å². The molecule has 0 aromatic rings. The maximum Gasteiger partial charge on any atom is 0.0275 e. The van der Waals surface area contributed by atoms with Crippen molar-refractivity contribution in [1.29, 1.82) is 0 Å². The van der Waals surface area contributed by atoms with Crippen LogP contribution in [-0.2, 0) is 0 Å². The molecule has 0 radical (unpaired) electrons. The molecule has 11 heavy (non-hydrogen) atoms. The average molecular weight is 153 g/mol. The van der Waals surface area contributed by atoms with Gasteiger partial charge in [0.2, 0.25) is 0 Å². The van der Waals surface area contributed by atoms with E-state index in [0.717, 1.165) is 0 Å². The smallest absolute Gasteiger partial charge is 0.0275 e. The van der Waals surface area contributed by atoms with E-state index in [1.54, 1.807) is 0 Å². The Hall–Kier alpha value is -0.300. The lowest BCUT2D eigenvalue weighted by Crippen LogP contribution is -2.39. The molecule has 1 aliphatic carbocycles. The molecule has 1 atom stereocenters. The van der Waals surface area contributed by atoms with Crippen molar-refractivity contribution in [2.75, 3.05) is 0 Å². The zero-order valence-electron chi connectivity index (χ0n) is 7.47. The van der Waals surface area contributed by atoms with E-state index in [0.29, 0.717) is 5.41 Å². The van der Waals surface area contributed by atoms with Gasteiger partial charge in [-0.15, -0.1) is 6.58 Å². The molecule has 0 aromatic heterocycles. The largest absolute Gasteiger partial charge is 0.324 e. The summed E-state index contributed by atoms with van der Waals surface area (Å²) in [5, 5.41) is 0. The first-order chi connectivity index (χ1) is 5.19. The monoisotopic (exact) mass is 153 g/mol. The summed E-state index contributed by atoms with van der Waals surface area (Å²) in [6.45, 7) is 6.05. The van der Waals surface area contributed by atoms with Gasteiger partial charge in [-0.2, -0.15) is 0 Å². The van der Waals surface area contributed by atoms with E-state index in [2.05, 4.69) is 13.5 Å². The van der Waals surface area contributed by atoms with E-state index >= 15 is 0 Å². The van der Waals surface area contributed by atoms with Crippen molar-refractivity contribution in [2.24, 2.45) is 11.1 Å². The summed E-state index contributed by atoms with van der Waals surface area (Å²) in [6.07, 6.45) is 8.53. The minimum Gasteiger partial charge on any atom is -0.324 e. The van der Waals surface area contributed by atoms with Crippen molar-refractivity contribution in [3.05, 3.63) is 12.7 Å². The van der Waals surface area contributed by atoms with Gasteiger partial charge in [-0.1, -0.05) is 32.3 Å². The molecule has 2 N–H and O–H groups in total. The Morgan fingerprint density at radius 2 is 1.91 bits per heavy atom. The van der Waals surface area contributed by atoms with E-state index in [1.165, 1.54) is 32.1 Å². The molecule has 64 valence electrons. The molecule has 0 aromatic carbocycles. The summed E-state index contributed by atoms with van der Waals surface area (Å²) in [5.74, 6) is 0. The van der Waals surface area contributed by atoms with Crippen LogP contribution in [-0.4, -0.2) is 6.04 Å². The Morgan fingerprint density at radius 3 is 2.36 bits per heavy atom. The van der Waals surface area contributed by atoms with E-state index < -0.39 is 0 Å². The van der Waals surface area contributed by atoms with Gasteiger partial charge in [-0.25, -0.2) is 0 Å². The highest BCUT2D eigenvalue weighted by Gasteiger charge is 2.31. The third-order valence-electron chi connectivity index (χ3n) is 3.05. The third-order valence-corrected chi connectivity index (χ3v) is 3.05. The molecule has 1 aliphatic rings. The molecule has 0 bridgehead atoms. The minimum atomic E-state index is 0.197. The first kappa shape index (κ1) is 8.79. The molecule has 0 spiro atoms. The number of nitrogens with two attached hydrogens (primary N) is 1. The summed E-state index contributed by atoms with van der Waals surface area (Å²) < 4.78 is 0. The summed E-state index contributed by atoms with van der Waals surface area (Å²) >= 11 is 0. The van der Waals surface area contributed by atoms with Gasteiger partial charge in [0.05, 0.1) is 0 Å². The van der Waals surface area contributed by atoms with E-state index in [1.807, 2.05) is 6.08 Å². The lowest BCUT2D eigenvalue weighted by molar-refractivity contribution is 0.193. The Kier molecular flexibility index (Phi) is 2.72. The van der Waals surface area contributed by atoms with Crippen LogP contribution in [0.4, 0.5) is 0 Å². The van der Waals surface area contributed by atoms with Crippen molar-refractivity contribution >= 4 is 0 Å². The molecular weight excluding hydrogens is 134 g/mol. The van der Waals surface area contributed by atoms with Gasteiger partial charge in [-0.3, -0.25) is 0 Å². The van der Waals surface area contributed by atoms with Crippen LogP contribution in [0.3, 0.4) is 0 Å². The third kappa shape index (κ3) is 1.84. The molecular formula is C10H19N. The van der Waals surface area contributed by atoms with Gasteiger partial charge in [-0.05, 0) is 18.3 Å². The predicted octanol–water partition coefficient (Wildman–Crippen LogP) is 2.47. The van der Waals surface area contributed by atoms with Crippen LogP contribution in [0.2, 0.25) is 0 Å². The highest BCUT2D eigenvalue weighted by molar-refractivity contribution is 4.97. The predicted molar refractivity (Wildman–Crippen MR) is 49.4 cm³/mol. The van der Waals surface area contributed by atoms with Crippen LogP contribution in [0.15, 0.2) is 12.7 Å². The van der Waals surface area contributed by atoms with E-state index in [4.69, 9.17) is 5.73 Å². The normalized spacial score (nSPS) is 26.0. The molecule has 0 aliphatic heterocycles. The minimum absolute atomic E-state index is 0.197. The van der Waals surface area contributed by atoms with Gasteiger partial charge >= 0.3 is 0 Å². The van der Waals surface area contributed by atoms with Crippen molar-refractivity contribution in [3.8, 4) is 0 Å². The Morgan fingerprint density at radius 1 is 1.36 bits per heavy atom. The lowest BCUT2D eigenvalue weighted by atomic mass is 9.71. The lowest BCUT2D eigenvalue weighted by Gasteiger charge is -2.37. The second-order valence-corrected chi connectivity index (χ2v) is 3.98. The van der Waals surface area contributed by atoms with Crippen molar-refractivity contribution in [1.82, 2.24) is 0 Å². The Labute approximate surface area is 69.7 Å². The summed E-state index contributed by atoms with van der Waals surface area (Å²) in [6, 6.07) is 0.197. The summed E-state index contributed by atoms with van der Waals surface area (Å²) in [5.41, 5.74) is 6.31. The molecule has 0 amide bonds. The maximum absolute atomic E-state index is 5.96. The van der Waals surface area contributed by atoms with Crippen LogP contribution in [0.1, 0.15) is 39.0 Å². The fourth-order valence-electron chi connectivity index (χ4n) is 1.98. The second kappa shape index (κ2) is 3.40. The van der Waals surface area contributed by atoms with Gasteiger partial charge < -0.3 is 5.73 Å². The standard InChI is InChI=1S/C10H19N/c1-3-9(11)10(2)7-5-4-6-8-10/h3,9H,1,4-8,11H2,2H3. The Balaban J connectivity index is 2.55. The zero-order chi connectivity index (χ0) is 8.32. The summed E-state index contributed by atoms with van der Waals surface area (Å²) in [4.78, 5) is 0. The second-order valence-electron chi connectivity index (χ2n) is 3.98. The Bertz CT molecular complexity index is 134. The number of hydrogen-bond donors (Lipinski definition) is 1. The molecule has 1 saturated carbocycles. The van der Waals surface area contributed by atoms with Crippen LogP contribution in [0, 0.1) is 5.41 Å².